The molecule has 1 saturated carbocycles. The van der Waals surface area contributed by atoms with Crippen LogP contribution in [0.4, 0.5) is 5.69 Å². The molecule has 1 aliphatic rings. The number of aromatic nitrogens is 1. The maximum Gasteiger partial charge on any atom is 0.150 e. The first-order valence-corrected chi connectivity index (χ1v) is 7.56. The molecule has 4 heteroatoms. The summed E-state index contributed by atoms with van der Waals surface area (Å²) in [5.74, 6) is 0.561. The highest BCUT2D eigenvalue weighted by Crippen LogP contribution is 2.33. The Morgan fingerprint density at radius 3 is 2.94 bits per heavy atom. The summed E-state index contributed by atoms with van der Waals surface area (Å²) < 4.78 is 12.6. The van der Waals surface area contributed by atoms with Gasteiger partial charge in [0.2, 0.25) is 0 Å². The summed E-state index contributed by atoms with van der Waals surface area (Å²) in [5.41, 5.74) is 6.42. The molecule has 2 rings (SSSR count). The van der Waals surface area contributed by atoms with Gasteiger partial charge < -0.3 is 5.73 Å². The van der Waals surface area contributed by atoms with E-state index < -0.39 is 10.8 Å². The summed E-state index contributed by atoms with van der Waals surface area (Å²) in [5, 5.41) is 0.823. The van der Waals surface area contributed by atoms with Crippen molar-refractivity contribution in [2.75, 3.05) is 5.73 Å². The van der Waals surface area contributed by atoms with E-state index >= 15 is 0 Å². The molecule has 0 radical (unpaired) electrons. The summed E-state index contributed by atoms with van der Waals surface area (Å²) in [7, 11) is -1.05. The third-order valence-electron chi connectivity index (χ3n) is 3.63. The zero-order chi connectivity index (χ0) is 12.3. The molecule has 0 aliphatic heterocycles. The van der Waals surface area contributed by atoms with Crippen LogP contribution in [-0.2, 0) is 10.8 Å². The Bertz CT molecular complexity index is 408. The van der Waals surface area contributed by atoms with Crippen molar-refractivity contribution in [1.82, 2.24) is 4.98 Å². The van der Waals surface area contributed by atoms with Crippen molar-refractivity contribution in [2.24, 2.45) is 5.92 Å². The van der Waals surface area contributed by atoms with Crippen LogP contribution in [0.2, 0.25) is 0 Å². The minimum atomic E-state index is -1.05. The van der Waals surface area contributed by atoms with Crippen LogP contribution in [0, 0.1) is 5.92 Å². The van der Waals surface area contributed by atoms with Crippen LogP contribution in [0.25, 0.3) is 0 Å². The van der Waals surface area contributed by atoms with E-state index in [2.05, 4.69) is 11.9 Å². The maximum absolute atomic E-state index is 12.6. The van der Waals surface area contributed by atoms with Gasteiger partial charge in [-0.25, -0.2) is 4.98 Å². The summed E-state index contributed by atoms with van der Waals surface area (Å²) in [4.78, 5) is 4.20. The van der Waals surface area contributed by atoms with Crippen molar-refractivity contribution < 1.29 is 4.21 Å². The van der Waals surface area contributed by atoms with Crippen LogP contribution in [0.15, 0.2) is 23.4 Å². The molecule has 3 unspecified atom stereocenters. The number of nitrogens with zero attached hydrogens (tertiary/aromatic N) is 1. The standard InChI is InChI=1S/C13H20N2OS/c1-2-10-6-3-4-8-12(10)17(16)13-11(14)7-5-9-15-13/h5,7,9-10,12H,2-4,6,8,14H2,1H3. The molecule has 1 aliphatic carbocycles. The molecule has 0 bridgehead atoms. The molecule has 0 saturated heterocycles. The number of anilines is 1. The van der Waals surface area contributed by atoms with Gasteiger partial charge in [-0.3, -0.25) is 4.21 Å². The Labute approximate surface area is 105 Å². The highest BCUT2D eigenvalue weighted by atomic mass is 32.2. The van der Waals surface area contributed by atoms with E-state index in [9.17, 15) is 4.21 Å². The molecule has 1 aromatic heterocycles. The lowest BCUT2D eigenvalue weighted by Gasteiger charge is -2.29. The van der Waals surface area contributed by atoms with E-state index in [1.807, 2.05) is 0 Å². The first-order chi connectivity index (χ1) is 8.24. The average molecular weight is 252 g/mol. The molecule has 3 atom stereocenters. The second kappa shape index (κ2) is 5.63. The van der Waals surface area contributed by atoms with Gasteiger partial charge >= 0.3 is 0 Å². The second-order valence-electron chi connectivity index (χ2n) is 4.69. The number of nitrogens with two attached hydrogens (primary N) is 1. The fraction of sp³-hybridized carbons (Fsp3) is 0.615. The van der Waals surface area contributed by atoms with Crippen molar-refractivity contribution in [3.8, 4) is 0 Å². The SMILES string of the molecule is CCC1CCCCC1S(=O)c1ncccc1N. The molecule has 3 nitrogen and oxygen atoms in total. The van der Waals surface area contributed by atoms with E-state index in [0.717, 1.165) is 12.8 Å². The molecule has 1 fully saturated rings. The Hall–Kier alpha value is -0.900. The van der Waals surface area contributed by atoms with E-state index in [1.54, 1.807) is 18.3 Å². The molecule has 1 heterocycles. The van der Waals surface area contributed by atoms with Crippen LogP contribution < -0.4 is 5.73 Å². The quantitative estimate of drug-likeness (QED) is 0.900. The summed E-state index contributed by atoms with van der Waals surface area (Å²) in [6, 6.07) is 3.57. The number of pyridine rings is 1. The lowest BCUT2D eigenvalue weighted by molar-refractivity contribution is 0.355. The van der Waals surface area contributed by atoms with Gasteiger partial charge in [-0.2, -0.15) is 0 Å². The van der Waals surface area contributed by atoms with Gasteiger partial charge in [0, 0.05) is 11.4 Å². The van der Waals surface area contributed by atoms with Gasteiger partial charge in [0.1, 0.15) is 5.03 Å². The third-order valence-corrected chi connectivity index (χ3v) is 5.52. The molecule has 1 aromatic rings. The normalized spacial score (nSPS) is 26.6. The fourth-order valence-electron chi connectivity index (χ4n) is 2.64. The topological polar surface area (TPSA) is 56.0 Å². The highest BCUT2D eigenvalue weighted by molar-refractivity contribution is 7.85. The Kier molecular flexibility index (Phi) is 4.15. The lowest BCUT2D eigenvalue weighted by atomic mass is 9.87. The minimum Gasteiger partial charge on any atom is -0.396 e. The molecule has 17 heavy (non-hydrogen) atoms. The Morgan fingerprint density at radius 2 is 2.24 bits per heavy atom. The fourth-order valence-corrected chi connectivity index (χ4v) is 4.45. The van der Waals surface area contributed by atoms with Gasteiger partial charge in [0.25, 0.3) is 0 Å². The number of hydrogen-bond acceptors (Lipinski definition) is 3. The third kappa shape index (κ3) is 2.68. The predicted molar refractivity (Wildman–Crippen MR) is 71.1 cm³/mol. The van der Waals surface area contributed by atoms with Crippen molar-refractivity contribution in [3.05, 3.63) is 18.3 Å². The second-order valence-corrected chi connectivity index (χ2v) is 6.27. The van der Waals surface area contributed by atoms with Crippen LogP contribution in [0.5, 0.6) is 0 Å². The molecule has 94 valence electrons. The first kappa shape index (κ1) is 12.6. The van der Waals surface area contributed by atoms with Gasteiger partial charge in [-0.15, -0.1) is 0 Å². The van der Waals surface area contributed by atoms with Crippen LogP contribution >= 0.6 is 0 Å². The zero-order valence-electron chi connectivity index (χ0n) is 10.3. The monoisotopic (exact) mass is 252 g/mol. The summed E-state index contributed by atoms with van der Waals surface area (Å²) in [6.07, 6.45) is 7.46. The average Bonchev–Trinajstić information content (AvgIpc) is 2.38. The van der Waals surface area contributed by atoms with Gasteiger partial charge in [-0.1, -0.05) is 26.2 Å². The molecule has 0 aromatic carbocycles. The predicted octanol–water partition coefficient (Wildman–Crippen LogP) is 2.74. The highest BCUT2D eigenvalue weighted by Gasteiger charge is 2.30. The maximum atomic E-state index is 12.6. The number of rotatable bonds is 3. The molecule has 0 amide bonds. The summed E-state index contributed by atoms with van der Waals surface area (Å²) >= 11 is 0. The van der Waals surface area contributed by atoms with E-state index in [0.29, 0.717) is 16.6 Å². The van der Waals surface area contributed by atoms with Gasteiger partial charge in [-0.05, 0) is 30.9 Å². The van der Waals surface area contributed by atoms with Crippen molar-refractivity contribution >= 4 is 16.5 Å². The van der Waals surface area contributed by atoms with Gasteiger partial charge in [0.05, 0.1) is 16.5 Å². The molecule has 2 N–H and O–H groups in total. The molecular weight excluding hydrogens is 232 g/mol. The van der Waals surface area contributed by atoms with Gasteiger partial charge in [0.15, 0.2) is 0 Å². The van der Waals surface area contributed by atoms with Crippen molar-refractivity contribution in [2.45, 2.75) is 49.3 Å². The zero-order valence-corrected chi connectivity index (χ0v) is 11.1. The van der Waals surface area contributed by atoms with Crippen LogP contribution in [0.3, 0.4) is 0 Å². The lowest BCUT2D eigenvalue weighted by Crippen LogP contribution is -2.29. The smallest absolute Gasteiger partial charge is 0.150 e. The Balaban J connectivity index is 2.21. The molecule has 0 spiro atoms. The number of hydrogen-bond donors (Lipinski definition) is 1. The Morgan fingerprint density at radius 1 is 1.47 bits per heavy atom. The minimum absolute atomic E-state index is 0.242. The largest absolute Gasteiger partial charge is 0.396 e. The van der Waals surface area contributed by atoms with Crippen LogP contribution in [-0.4, -0.2) is 14.4 Å². The first-order valence-electron chi connectivity index (χ1n) is 6.35. The van der Waals surface area contributed by atoms with Crippen molar-refractivity contribution in [3.63, 3.8) is 0 Å². The van der Waals surface area contributed by atoms with E-state index in [4.69, 9.17) is 5.73 Å². The van der Waals surface area contributed by atoms with Crippen molar-refractivity contribution in [1.29, 1.82) is 0 Å². The van der Waals surface area contributed by atoms with E-state index in [1.165, 1.54) is 19.3 Å². The number of nitrogen functional groups attached to an aromatic ring is 1. The molecular formula is C13H20N2OS. The van der Waals surface area contributed by atoms with Crippen LogP contribution in [0.1, 0.15) is 39.0 Å². The van der Waals surface area contributed by atoms with E-state index in [-0.39, 0.29) is 5.25 Å². The summed E-state index contributed by atoms with van der Waals surface area (Å²) in [6.45, 7) is 2.18.